The van der Waals surface area contributed by atoms with Crippen LogP contribution in [0.4, 0.5) is 11.5 Å². The van der Waals surface area contributed by atoms with E-state index in [4.69, 9.17) is 0 Å². The molecule has 0 saturated heterocycles. The van der Waals surface area contributed by atoms with Crippen molar-refractivity contribution < 1.29 is 11.9 Å². The summed E-state index contributed by atoms with van der Waals surface area (Å²) in [4.78, 5) is 8.93. The molecule has 0 aliphatic heterocycles. The summed E-state index contributed by atoms with van der Waals surface area (Å²) in [6.07, 6.45) is 1.91. The number of nitrogens with zero attached hydrogens (tertiary/aromatic N) is 2. The number of nitrogens with one attached hydrogen (secondary N) is 1. The van der Waals surface area contributed by atoms with E-state index in [1.54, 1.807) is 12.1 Å². The zero-order valence-electron chi connectivity index (χ0n) is 12.2. The first kappa shape index (κ1) is 16.1. The summed E-state index contributed by atoms with van der Waals surface area (Å²) in [7, 11) is 0. The van der Waals surface area contributed by atoms with Crippen LogP contribution in [0.3, 0.4) is 0 Å². The van der Waals surface area contributed by atoms with Crippen molar-refractivity contribution in [1.29, 1.82) is 0 Å². The molecular weight excluding hydrogens is 377 g/mol. The van der Waals surface area contributed by atoms with Gasteiger partial charge < -0.3 is 0 Å². The van der Waals surface area contributed by atoms with Gasteiger partial charge in [0.15, 0.2) is 0 Å². The van der Waals surface area contributed by atoms with Gasteiger partial charge in [-0.15, -0.1) is 0 Å². The molecule has 3 rings (SSSR count). The van der Waals surface area contributed by atoms with Crippen molar-refractivity contribution >= 4 is 52.7 Å². The number of benzene rings is 2. The average molecular weight is 391 g/mol. The van der Waals surface area contributed by atoms with Gasteiger partial charge in [0.2, 0.25) is 0 Å². The van der Waals surface area contributed by atoms with Crippen molar-refractivity contribution in [2.24, 2.45) is 0 Å². The Kier molecular flexibility index (Phi) is 4.45. The van der Waals surface area contributed by atoms with E-state index in [0.717, 1.165) is 10.9 Å². The molecule has 0 radical (unpaired) electrons. The summed E-state index contributed by atoms with van der Waals surface area (Å²) in [6, 6.07) is 13.8. The van der Waals surface area contributed by atoms with Gasteiger partial charge in [0, 0.05) is 0 Å². The van der Waals surface area contributed by atoms with Gasteiger partial charge in [-0.25, -0.2) is 0 Å². The first-order valence-corrected chi connectivity index (χ1v) is 11.3. The van der Waals surface area contributed by atoms with Crippen molar-refractivity contribution in [3.05, 3.63) is 48.5 Å². The van der Waals surface area contributed by atoms with Crippen molar-refractivity contribution in [3.63, 3.8) is 0 Å². The molecular formula is C15H14AsN3O3S. The fourth-order valence-corrected chi connectivity index (χ4v) is 3.62. The van der Waals surface area contributed by atoms with Gasteiger partial charge in [0.05, 0.1) is 0 Å². The van der Waals surface area contributed by atoms with Crippen LogP contribution in [0.25, 0.3) is 10.9 Å². The van der Waals surface area contributed by atoms with Crippen LogP contribution in [-0.2, 0) is 3.74 Å². The Bertz CT molecular complexity index is 896. The maximum atomic E-state index is 11.3. The molecule has 0 fully saturated rings. The Hall–Kier alpha value is -1.79. The number of para-hydroxylation sites is 1. The molecule has 0 spiro atoms. The predicted molar refractivity (Wildman–Crippen MR) is 91.6 cm³/mol. The molecule has 1 aromatic heterocycles. The van der Waals surface area contributed by atoms with E-state index < -0.39 is 14.2 Å². The quantitative estimate of drug-likeness (QED) is 0.354. The second-order valence-electron chi connectivity index (χ2n) is 4.79. The molecule has 0 atom stereocenters. The molecule has 0 unspecified atom stereocenters. The molecule has 2 aromatic carbocycles. The molecule has 118 valence electrons. The van der Waals surface area contributed by atoms with Crippen LogP contribution in [0.1, 0.15) is 0 Å². The van der Waals surface area contributed by atoms with Crippen LogP contribution in [-0.4, -0.2) is 38.6 Å². The van der Waals surface area contributed by atoms with E-state index in [2.05, 4.69) is 15.3 Å². The monoisotopic (exact) mass is 391 g/mol. The fourth-order valence-electron chi connectivity index (χ4n) is 2.12. The molecule has 1 heterocycles. The van der Waals surface area contributed by atoms with Crippen LogP contribution < -0.4 is 9.67 Å². The maximum absolute atomic E-state index is 11.3. The number of rotatable bonds is 4. The van der Waals surface area contributed by atoms with Gasteiger partial charge in [-0.05, 0) is 0 Å². The minimum absolute atomic E-state index is 0.0472. The molecule has 6 nitrogen and oxygen atoms in total. The van der Waals surface area contributed by atoms with Gasteiger partial charge in [0.25, 0.3) is 0 Å². The molecule has 23 heavy (non-hydrogen) atoms. The first-order chi connectivity index (χ1) is 11.0. The third-order valence-electron chi connectivity index (χ3n) is 3.23. The Morgan fingerprint density at radius 1 is 1.04 bits per heavy atom. The van der Waals surface area contributed by atoms with Gasteiger partial charge in [-0.1, -0.05) is 0 Å². The van der Waals surface area contributed by atoms with Crippen molar-refractivity contribution in [3.8, 4) is 0 Å². The zero-order valence-corrected chi connectivity index (χ0v) is 14.9. The van der Waals surface area contributed by atoms with Crippen molar-refractivity contribution in [2.45, 2.75) is 5.16 Å². The Labute approximate surface area is 140 Å². The topological polar surface area (TPSA) is 95.3 Å². The fraction of sp³-hybridized carbons (Fsp3) is 0.0667. The normalized spacial score (nSPS) is 11.6. The molecule has 0 bridgehead atoms. The molecule has 0 aliphatic carbocycles. The summed E-state index contributed by atoms with van der Waals surface area (Å²) in [5.41, 5.74) is 1.54. The van der Waals surface area contributed by atoms with E-state index in [9.17, 15) is 11.9 Å². The third kappa shape index (κ3) is 3.59. The predicted octanol–water partition coefficient (Wildman–Crippen LogP) is 1.66. The number of fused-ring (bicyclic) bond motifs is 1. The number of thioether (sulfide) groups is 1. The number of aromatic nitrogens is 2. The van der Waals surface area contributed by atoms with Crippen molar-refractivity contribution in [1.82, 2.24) is 9.97 Å². The van der Waals surface area contributed by atoms with Crippen LogP contribution in [0.2, 0.25) is 0 Å². The van der Waals surface area contributed by atoms with Crippen LogP contribution in [0.15, 0.2) is 53.7 Å². The third-order valence-corrected chi connectivity index (χ3v) is 5.82. The Balaban J connectivity index is 1.99. The number of anilines is 2. The van der Waals surface area contributed by atoms with Gasteiger partial charge in [-0.3, -0.25) is 0 Å². The SMILES string of the molecule is CSc1nc(Nc2ccc([As](=O)(O)O)cc2)c2ccccc2n1. The van der Waals surface area contributed by atoms with E-state index >= 15 is 0 Å². The minimum atomic E-state index is -4.85. The average Bonchev–Trinajstić information content (AvgIpc) is 2.54. The van der Waals surface area contributed by atoms with E-state index in [1.807, 2.05) is 30.5 Å². The van der Waals surface area contributed by atoms with Crippen LogP contribution in [0.5, 0.6) is 0 Å². The van der Waals surface area contributed by atoms with E-state index in [1.165, 1.54) is 23.9 Å². The second kappa shape index (κ2) is 6.37. The second-order valence-corrected chi connectivity index (χ2v) is 8.93. The van der Waals surface area contributed by atoms with Gasteiger partial charge in [0.1, 0.15) is 0 Å². The van der Waals surface area contributed by atoms with Crippen molar-refractivity contribution in [2.75, 3.05) is 11.6 Å². The van der Waals surface area contributed by atoms with E-state index in [-0.39, 0.29) is 4.35 Å². The summed E-state index contributed by atoms with van der Waals surface area (Å²) in [5, 5.41) is 4.73. The Morgan fingerprint density at radius 3 is 2.39 bits per heavy atom. The molecule has 0 saturated carbocycles. The van der Waals surface area contributed by atoms with Crippen LogP contribution >= 0.6 is 11.8 Å². The number of hydrogen-bond donors (Lipinski definition) is 3. The van der Waals surface area contributed by atoms with Gasteiger partial charge in [-0.2, -0.15) is 0 Å². The Morgan fingerprint density at radius 2 is 1.74 bits per heavy atom. The standard InChI is InChI=1S/C15H14AsN3O3S/c1-23-15-18-13-5-3-2-4-12(13)14(19-15)17-11-8-6-10(7-9-11)16(20,21)22/h2-9H,1H3,(H,17,18,19)(H2,20,21,22). The molecule has 3 aromatic rings. The molecule has 3 N–H and O–H groups in total. The van der Waals surface area contributed by atoms with Crippen LogP contribution in [0, 0.1) is 0 Å². The van der Waals surface area contributed by atoms with E-state index in [0.29, 0.717) is 16.7 Å². The summed E-state index contributed by atoms with van der Waals surface area (Å²) < 4.78 is 29.7. The first-order valence-electron chi connectivity index (χ1n) is 6.71. The summed E-state index contributed by atoms with van der Waals surface area (Å²) in [5.74, 6) is 0.661. The summed E-state index contributed by atoms with van der Waals surface area (Å²) in [6.45, 7) is 0. The molecule has 8 heteroatoms. The molecule has 0 amide bonds. The number of hydrogen-bond acceptors (Lipinski definition) is 5. The summed E-state index contributed by atoms with van der Waals surface area (Å²) >= 11 is -3.40. The molecule has 0 aliphatic rings. The van der Waals surface area contributed by atoms with Gasteiger partial charge >= 0.3 is 140 Å². The zero-order chi connectivity index (χ0) is 16.4.